The number of aromatic nitrogens is 2. The van der Waals surface area contributed by atoms with E-state index < -0.39 is 0 Å². The summed E-state index contributed by atoms with van der Waals surface area (Å²) in [6.07, 6.45) is 3.67. The first-order valence-corrected chi connectivity index (χ1v) is 6.80. The molecule has 0 bridgehead atoms. The number of rotatable bonds is 5. The Balaban J connectivity index is 2.18. The fourth-order valence-electron chi connectivity index (χ4n) is 2.04. The molecule has 0 radical (unpaired) electrons. The summed E-state index contributed by atoms with van der Waals surface area (Å²) < 4.78 is 5.63. The lowest BCUT2D eigenvalue weighted by Crippen LogP contribution is -2.32. The van der Waals surface area contributed by atoms with E-state index in [0.29, 0.717) is 30.4 Å². The van der Waals surface area contributed by atoms with Gasteiger partial charge in [-0.1, -0.05) is 0 Å². The molecular weight excluding hydrogens is 254 g/mol. The Morgan fingerprint density at radius 2 is 2.10 bits per heavy atom. The van der Waals surface area contributed by atoms with Gasteiger partial charge < -0.3 is 9.32 Å². The molecule has 0 aliphatic rings. The normalized spacial score (nSPS) is 10.6. The largest absolute Gasteiger partial charge is 0.441 e. The molecule has 0 saturated heterocycles. The number of hydrogen-bond donors (Lipinski definition) is 0. The van der Waals surface area contributed by atoms with Crippen molar-refractivity contribution in [3.8, 4) is 11.5 Å². The van der Waals surface area contributed by atoms with Crippen molar-refractivity contribution >= 4 is 5.91 Å². The highest BCUT2D eigenvalue weighted by molar-refractivity contribution is 5.78. The van der Waals surface area contributed by atoms with E-state index >= 15 is 0 Å². The number of nitrogens with zero attached hydrogens (tertiary/aromatic N) is 3. The molecular formula is C15H19N3O2. The zero-order chi connectivity index (χ0) is 14.5. The second-order valence-corrected chi connectivity index (χ2v) is 4.51. The molecule has 5 nitrogen and oxygen atoms in total. The first kappa shape index (κ1) is 14.2. The lowest BCUT2D eigenvalue weighted by molar-refractivity contribution is -0.130. The Labute approximate surface area is 118 Å². The highest BCUT2D eigenvalue weighted by Crippen LogP contribution is 2.21. The number of carbonyl (C=O) groups excluding carboxylic acids is 1. The summed E-state index contributed by atoms with van der Waals surface area (Å²) in [5, 5.41) is 0. The summed E-state index contributed by atoms with van der Waals surface area (Å²) >= 11 is 0. The van der Waals surface area contributed by atoms with Crippen LogP contribution in [0.2, 0.25) is 0 Å². The molecule has 0 saturated carbocycles. The third kappa shape index (κ3) is 3.04. The highest BCUT2D eigenvalue weighted by atomic mass is 16.4. The highest BCUT2D eigenvalue weighted by Gasteiger charge is 2.17. The van der Waals surface area contributed by atoms with Crippen LogP contribution in [0.15, 0.2) is 28.9 Å². The molecule has 2 rings (SSSR count). The maximum atomic E-state index is 12.1. The maximum absolute atomic E-state index is 12.1. The standard InChI is InChI=1S/C15H19N3O2/c1-4-18(5-2)14(19)9-13-11(3)20-15(17-13)12-7-6-8-16-10-12/h6-8,10H,4-5,9H2,1-3H3. The van der Waals surface area contributed by atoms with Crippen LogP contribution in [-0.4, -0.2) is 33.9 Å². The lowest BCUT2D eigenvalue weighted by atomic mass is 10.2. The van der Waals surface area contributed by atoms with Gasteiger partial charge in [-0.05, 0) is 32.9 Å². The van der Waals surface area contributed by atoms with Crippen LogP contribution in [0, 0.1) is 6.92 Å². The van der Waals surface area contributed by atoms with Crippen molar-refractivity contribution in [3.05, 3.63) is 36.0 Å². The van der Waals surface area contributed by atoms with Crippen molar-refractivity contribution in [2.75, 3.05) is 13.1 Å². The van der Waals surface area contributed by atoms with Crippen LogP contribution >= 0.6 is 0 Å². The van der Waals surface area contributed by atoms with Crippen molar-refractivity contribution < 1.29 is 9.21 Å². The molecule has 0 N–H and O–H groups in total. The Morgan fingerprint density at radius 1 is 1.35 bits per heavy atom. The summed E-state index contributed by atoms with van der Waals surface area (Å²) in [4.78, 5) is 22.4. The fraction of sp³-hybridized carbons (Fsp3) is 0.400. The molecule has 20 heavy (non-hydrogen) atoms. The van der Waals surface area contributed by atoms with Gasteiger partial charge in [0.25, 0.3) is 0 Å². The lowest BCUT2D eigenvalue weighted by Gasteiger charge is -2.17. The number of likely N-dealkylation sites (N-methyl/N-ethyl adjacent to an activating group) is 1. The van der Waals surface area contributed by atoms with Gasteiger partial charge in [-0.25, -0.2) is 4.98 Å². The van der Waals surface area contributed by atoms with Crippen LogP contribution in [0.1, 0.15) is 25.3 Å². The smallest absolute Gasteiger partial charge is 0.228 e. The third-order valence-electron chi connectivity index (χ3n) is 3.24. The van der Waals surface area contributed by atoms with Crippen molar-refractivity contribution in [1.82, 2.24) is 14.9 Å². The van der Waals surface area contributed by atoms with Crippen molar-refractivity contribution in [3.63, 3.8) is 0 Å². The van der Waals surface area contributed by atoms with E-state index in [1.54, 1.807) is 17.3 Å². The first-order chi connectivity index (χ1) is 9.65. The molecule has 0 atom stereocenters. The molecule has 0 aliphatic carbocycles. The van der Waals surface area contributed by atoms with Gasteiger partial charge in [0.1, 0.15) is 5.76 Å². The molecule has 0 aliphatic heterocycles. The average Bonchev–Trinajstić information content (AvgIpc) is 2.82. The summed E-state index contributed by atoms with van der Waals surface area (Å²) in [6, 6.07) is 3.71. The van der Waals surface area contributed by atoms with Gasteiger partial charge in [0, 0.05) is 25.5 Å². The second kappa shape index (κ2) is 6.32. The molecule has 0 unspecified atom stereocenters. The van der Waals surface area contributed by atoms with Crippen LogP contribution in [0.3, 0.4) is 0 Å². The zero-order valence-corrected chi connectivity index (χ0v) is 12.1. The number of amides is 1. The molecule has 0 fully saturated rings. The topological polar surface area (TPSA) is 59.2 Å². The number of carbonyl (C=O) groups is 1. The van der Waals surface area contributed by atoms with Crippen molar-refractivity contribution in [2.45, 2.75) is 27.2 Å². The second-order valence-electron chi connectivity index (χ2n) is 4.51. The van der Waals surface area contributed by atoms with Gasteiger partial charge in [-0.3, -0.25) is 9.78 Å². The van der Waals surface area contributed by atoms with Crippen LogP contribution in [-0.2, 0) is 11.2 Å². The van der Waals surface area contributed by atoms with Gasteiger partial charge in [0.05, 0.1) is 17.7 Å². The SMILES string of the molecule is CCN(CC)C(=O)Cc1nc(-c2cccnc2)oc1C. The maximum Gasteiger partial charge on any atom is 0.228 e. The van der Waals surface area contributed by atoms with Crippen LogP contribution < -0.4 is 0 Å². The Morgan fingerprint density at radius 3 is 2.70 bits per heavy atom. The van der Waals surface area contributed by atoms with Crippen molar-refractivity contribution in [1.29, 1.82) is 0 Å². The fourth-order valence-corrected chi connectivity index (χ4v) is 2.04. The van der Waals surface area contributed by atoms with E-state index in [1.807, 2.05) is 32.9 Å². The third-order valence-corrected chi connectivity index (χ3v) is 3.24. The monoisotopic (exact) mass is 273 g/mol. The van der Waals surface area contributed by atoms with Gasteiger partial charge in [0.15, 0.2) is 0 Å². The summed E-state index contributed by atoms with van der Waals surface area (Å²) in [7, 11) is 0. The predicted octanol–water partition coefficient (Wildman–Crippen LogP) is 2.46. The summed E-state index contributed by atoms with van der Waals surface area (Å²) in [6.45, 7) is 7.19. The molecule has 0 spiro atoms. The van der Waals surface area contributed by atoms with E-state index in [9.17, 15) is 4.79 Å². The number of oxazole rings is 1. The molecule has 2 aromatic heterocycles. The van der Waals surface area contributed by atoms with E-state index in [2.05, 4.69) is 9.97 Å². The molecule has 2 aromatic rings. The van der Waals surface area contributed by atoms with Crippen molar-refractivity contribution in [2.24, 2.45) is 0 Å². The minimum absolute atomic E-state index is 0.0733. The van der Waals surface area contributed by atoms with Crippen LogP contribution in [0.5, 0.6) is 0 Å². The van der Waals surface area contributed by atoms with Crippen LogP contribution in [0.25, 0.3) is 11.5 Å². The number of aryl methyl sites for hydroxylation is 1. The Kier molecular flexibility index (Phi) is 4.50. The van der Waals surface area contributed by atoms with Gasteiger partial charge in [-0.15, -0.1) is 0 Å². The van der Waals surface area contributed by atoms with E-state index in [4.69, 9.17) is 4.42 Å². The van der Waals surface area contributed by atoms with Gasteiger partial charge in [0.2, 0.25) is 11.8 Å². The summed E-state index contributed by atoms with van der Waals surface area (Å²) in [5.74, 6) is 1.27. The van der Waals surface area contributed by atoms with Gasteiger partial charge >= 0.3 is 0 Å². The first-order valence-electron chi connectivity index (χ1n) is 6.80. The van der Waals surface area contributed by atoms with E-state index in [0.717, 1.165) is 5.56 Å². The molecule has 2 heterocycles. The minimum Gasteiger partial charge on any atom is -0.441 e. The predicted molar refractivity (Wildman–Crippen MR) is 76.1 cm³/mol. The Hall–Kier alpha value is -2.17. The number of hydrogen-bond acceptors (Lipinski definition) is 4. The van der Waals surface area contributed by atoms with E-state index in [1.165, 1.54) is 0 Å². The van der Waals surface area contributed by atoms with Gasteiger partial charge in [-0.2, -0.15) is 0 Å². The zero-order valence-electron chi connectivity index (χ0n) is 12.1. The van der Waals surface area contributed by atoms with E-state index in [-0.39, 0.29) is 12.3 Å². The quantitative estimate of drug-likeness (QED) is 0.839. The average molecular weight is 273 g/mol. The molecule has 0 aromatic carbocycles. The number of pyridine rings is 1. The molecule has 5 heteroatoms. The summed E-state index contributed by atoms with van der Waals surface area (Å²) in [5.41, 5.74) is 1.51. The molecule has 1 amide bonds. The Bertz CT molecular complexity index is 574. The minimum atomic E-state index is 0.0733. The van der Waals surface area contributed by atoms with Crippen LogP contribution in [0.4, 0.5) is 0 Å². The molecule has 106 valence electrons.